The fraction of sp³-hybridized carbons (Fsp3) is 0.200. The molecule has 14 heavy (non-hydrogen) atoms. The van der Waals surface area contributed by atoms with Gasteiger partial charge >= 0.3 is 5.97 Å². The Hall–Kier alpha value is -1.86. The van der Waals surface area contributed by atoms with Crippen LogP contribution < -0.4 is 5.73 Å². The van der Waals surface area contributed by atoms with E-state index in [-0.39, 0.29) is 6.54 Å². The molecule has 4 heteroatoms. The van der Waals surface area contributed by atoms with Crippen molar-refractivity contribution in [3.05, 3.63) is 35.4 Å². The van der Waals surface area contributed by atoms with Crippen molar-refractivity contribution in [3.8, 4) is 6.07 Å². The Morgan fingerprint density at radius 1 is 1.50 bits per heavy atom. The molecule has 72 valence electrons. The van der Waals surface area contributed by atoms with Crippen LogP contribution in [0.4, 0.5) is 0 Å². The summed E-state index contributed by atoms with van der Waals surface area (Å²) in [5.41, 5.74) is 6.46. The van der Waals surface area contributed by atoms with Gasteiger partial charge < -0.3 is 10.8 Å². The molecule has 0 aromatic heterocycles. The quantitative estimate of drug-likeness (QED) is 0.733. The summed E-state index contributed by atoms with van der Waals surface area (Å²) in [6, 6.07) is 8.36. The van der Waals surface area contributed by atoms with Crippen LogP contribution in [-0.4, -0.2) is 17.6 Å². The summed E-state index contributed by atoms with van der Waals surface area (Å²) in [5, 5.41) is 17.4. The number of nitrogens with zero attached hydrogens (tertiary/aromatic N) is 1. The molecule has 0 heterocycles. The molecule has 0 spiro atoms. The number of nitriles is 1. The molecule has 1 unspecified atom stereocenters. The lowest BCUT2D eigenvalue weighted by molar-refractivity contribution is -0.138. The maximum atomic E-state index is 10.7. The van der Waals surface area contributed by atoms with E-state index in [9.17, 15) is 4.79 Å². The highest BCUT2D eigenvalue weighted by atomic mass is 16.4. The van der Waals surface area contributed by atoms with Gasteiger partial charge in [-0.05, 0) is 17.7 Å². The van der Waals surface area contributed by atoms with E-state index in [1.165, 1.54) is 0 Å². The van der Waals surface area contributed by atoms with Crippen molar-refractivity contribution in [2.75, 3.05) is 6.54 Å². The summed E-state index contributed by atoms with van der Waals surface area (Å²) in [6.45, 7) is 0.0568. The van der Waals surface area contributed by atoms with E-state index < -0.39 is 11.9 Å². The molecule has 0 fully saturated rings. The van der Waals surface area contributed by atoms with Crippen LogP contribution in [-0.2, 0) is 4.79 Å². The second-order valence-electron chi connectivity index (χ2n) is 2.86. The molecule has 0 saturated carbocycles. The molecular weight excluding hydrogens is 180 g/mol. The normalized spacial score (nSPS) is 11.7. The highest BCUT2D eigenvalue weighted by Gasteiger charge is 2.17. The number of carboxylic acids is 1. The lowest BCUT2D eigenvalue weighted by atomic mass is 9.98. The zero-order valence-electron chi connectivity index (χ0n) is 7.47. The first-order valence-electron chi connectivity index (χ1n) is 4.12. The van der Waals surface area contributed by atoms with Crippen molar-refractivity contribution in [3.63, 3.8) is 0 Å². The maximum absolute atomic E-state index is 10.7. The van der Waals surface area contributed by atoms with Crippen LogP contribution in [0, 0.1) is 11.3 Å². The first kappa shape index (κ1) is 10.2. The van der Waals surface area contributed by atoms with Crippen LogP contribution in [0.1, 0.15) is 17.0 Å². The Labute approximate surface area is 81.6 Å². The minimum Gasteiger partial charge on any atom is -0.481 e. The van der Waals surface area contributed by atoms with Crippen LogP contribution in [0.3, 0.4) is 0 Å². The van der Waals surface area contributed by atoms with Crippen LogP contribution in [0.2, 0.25) is 0 Å². The Morgan fingerprint density at radius 2 is 2.07 bits per heavy atom. The van der Waals surface area contributed by atoms with E-state index in [1.807, 2.05) is 6.07 Å². The van der Waals surface area contributed by atoms with Gasteiger partial charge in [0.2, 0.25) is 0 Å². The van der Waals surface area contributed by atoms with Gasteiger partial charge in [-0.2, -0.15) is 5.26 Å². The van der Waals surface area contributed by atoms with Crippen molar-refractivity contribution in [2.45, 2.75) is 5.92 Å². The molecule has 0 aliphatic heterocycles. The summed E-state index contributed by atoms with van der Waals surface area (Å²) < 4.78 is 0. The molecule has 0 amide bonds. The van der Waals surface area contributed by atoms with E-state index in [2.05, 4.69) is 0 Å². The Morgan fingerprint density at radius 3 is 2.43 bits per heavy atom. The molecule has 0 bridgehead atoms. The number of benzene rings is 1. The summed E-state index contributed by atoms with van der Waals surface area (Å²) in [5.74, 6) is -1.64. The third-order valence-corrected chi connectivity index (χ3v) is 1.98. The van der Waals surface area contributed by atoms with Crippen LogP contribution in [0.15, 0.2) is 24.3 Å². The topological polar surface area (TPSA) is 87.1 Å². The highest BCUT2D eigenvalue weighted by Crippen LogP contribution is 2.15. The zero-order chi connectivity index (χ0) is 10.6. The van der Waals surface area contributed by atoms with Gasteiger partial charge in [0.1, 0.15) is 0 Å². The number of hydrogen-bond acceptors (Lipinski definition) is 3. The number of hydrogen-bond donors (Lipinski definition) is 2. The van der Waals surface area contributed by atoms with Gasteiger partial charge in [-0.1, -0.05) is 12.1 Å². The largest absolute Gasteiger partial charge is 0.481 e. The first-order valence-corrected chi connectivity index (χ1v) is 4.12. The first-order chi connectivity index (χ1) is 6.69. The summed E-state index contributed by atoms with van der Waals surface area (Å²) in [4.78, 5) is 10.7. The fourth-order valence-corrected chi connectivity index (χ4v) is 1.17. The smallest absolute Gasteiger partial charge is 0.312 e. The number of carbonyl (C=O) groups is 1. The summed E-state index contributed by atoms with van der Waals surface area (Å²) in [6.07, 6.45) is 0. The molecular formula is C10H10N2O2. The van der Waals surface area contributed by atoms with Crippen molar-refractivity contribution in [1.82, 2.24) is 0 Å². The predicted octanol–water partition coefficient (Wildman–Crippen LogP) is 0.685. The van der Waals surface area contributed by atoms with Crippen molar-refractivity contribution >= 4 is 5.97 Å². The monoisotopic (exact) mass is 190 g/mol. The zero-order valence-corrected chi connectivity index (χ0v) is 7.47. The summed E-state index contributed by atoms with van der Waals surface area (Å²) >= 11 is 0. The van der Waals surface area contributed by atoms with Crippen molar-refractivity contribution in [2.24, 2.45) is 5.73 Å². The fourth-order valence-electron chi connectivity index (χ4n) is 1.17. The van der Waals surface area contributed by atoms with Gasteiger partial charge in [-0.15, -0.1) is 0 Å². The Bertz CT molecular complexity index is 365. The number of nitrogens with two attached hydrogens (primary N) is 1. The van der Waals surface area contributed by atoms with E-state index in [0.717, 1.165) is 0 Å². The van der Waals surface area contributed by atoms with E-state index >= 15 is 0 Å². The van der Waals surface area contributed by atoms with Crippen molar-refractivity contribution in [1.29, 1.82) is 5.26 Å². The SMILES string of the molecule is N#Cc1ccc(C(CN)C(=O)O)cc1. The molecule has 1 atom stereocenters. The third-order valence-electron chi connectivity index (χ3n) is 1.98. The molecule has 3 N–H and O–H groups in total. The molecule has 0 saturated heterocycles. The lowest BCUT2D eigenvalue weighted by Gasteiger charge is -2.09. The highest BCUT2D eigenvalue weighted by molar-refractivity contribution is 5.76. The van der Waals surface area contributed by atoms with Crippen LogP contribution in [0.25, 0.3) is 0 Å². The van der Waals surface area contributed by atoms with Crippen molar-refractivity contribution < 1.29 is 9.90 Å². The van der Waals surface area contributed by atoms with Crippen LogP contribution >= 0.6 is 0 Å². The van der Waals surface area contributed by atoms with Gasteiger partial charge in [-0.3, -0.25) is 4.79 Å². The second kappa shape index (κ2) is 4.40. The second-order valence-corrected chi connectivity index (χ2v) is 2.86. The van der Waals surface area contributed by atoms with Gasteiger partial charge in [0.25, 0.3) is 0 Å². The third kappa shape index (κ3) is 2.09. The average Bonchev–Trinajstić information content (AvgIpc) is 2.19. The van der Waals surface area contributed by atoms with Gasteiger partial charge in [0, 0.05) is 6.54 Å². The molecule has 0 aliphatic rings. The Kier molecular flexibility index (Phi) is 3.21. The summed E-state index contributed by atoms with van der Waals surface area (Å²) in [7, 11) is 0. The number of carboxylic acid groups (broad SMARTS) is 1. The predicted molar refractivity (Wildman–Crippen MR) is 50.6 cm³/mol. The number of rotatable bonds is 3. The minimum absolute atomic E-state index is 0.0568. The van der Waals surface area contributed by atoms with Crippen LogP contribution in [0.5, 0.6) is 0 Å². The van der Waals surface area contributed by atoms with E-state index in [0.29, 0.717) is 11.1 Å². The Balaban J connectivity index is 2.96. The average molecular weight is 190 g/mol. The number of aliphatic carboxylic acids is 1. The van der Waals surface area contributed by atoms with E-state index in [4.69, 9.17) is 16.1 Å². The van der Waals surface area contributed by atoms with E-state index in [1.54, 1.807) is 24.3 Å². The molecule has 0 aliphatic carbocycles. The standard InChI is InChI=1S/C10H10N2O2/c11-5-7-1-3-8(4-2-7)9(6-12)10(13)14/h1-4,9H,6,12H2,(H,13,14). The molecule has 1 aromatic carbocycles. The van der Waals surface area contributed by atoms with Gasteiger partial charge in [-0.25, -0.2) is 0 Å². The van der Waals surface area contributed by atoms with Gasteiger partial charge in [0.05, 0.1) is 17.6 Å². The van der Waals surface area contributed by atoms with Gasteiger partial charge in [0.15, 0.2) is 0 Å². The minimum atomic E-state index is -0.947. The molecule has 0 radical (unpaired) electrons. The molecule has 1 aromatic rings. The molecule has 4 nitrogen and oxygen atoms in total. The maximum Gasteiger partial charge on any atom is 0.312 e. The lowest BCUT2D eigenvalue weighted by Crippen LogP contribution is -2.20. The molecule has 1 rings (SSSR count).